The maximum Gasteiger partial charge on any atom is 0.267 e. The zero-order valence-corrected chi connectivity index (χ0v) is 18.9. The van der Waals surface area contributed by atoms with Gasteiger partial charge in [0.05, 0.1) is 11.7 Å². The van der Waals surface area contributed by atoms with Crippen LogP contribution in [0.5, 0.6) is 0 Å². The summed E-state index contributed by atoms with van der Waals surface area (Å²) in [5.74, 6) is -2.93. The molecule has 2 aromatic heterocycles. The summed E-state index contributed by atoms with van der Waals surface area (Å²) in [5, 5.41) is 6.53. The number of amides is 1. The largest absolute Gasteiger partial charge is 0.363 e. The molecule has 1 unspecified atom stereocenters. The lowest BCUT2D eigenvalue weighted by atomic mass is 10.1. The van der Waals surface area contributed by atoms with Crippen LogP contribution in [0, 0.1) is 0 Å². The molecule has 0 saturated heterocycles. The molecule has 2 heterocycles. The number of aromatic nitrogens is 3. The summed E-state index contributed by atoms with van der Waals surface area (Å²) >= 11 is 0. The smallest absolute Gasteiger partial charge is 0.267 e. The molecule has 2 N–H and O–H groups in total. The maximum absolute atomic E-state index is 14.0. The zero-order valence-electron chi connectivity index (χ0n) is 18.9. The van der Waals surface area contributed by atoms with Gasteiger partial charge in [0.25, 0.3) is 5.92 Å². The zero-order chi connectivity index (χ0) is 23.8. The number of allylic oxidation sites excluding steroid dienone is 1. The molecule has 33 heavy (non-hydrogen) atoms. The van der Waals surface area contributed by atoms with Gasteiger partial charge in [-0.3, -0.25) is 4.79 Å². The van der Waals surface area contributed by atoms with Gasteiger partial charge in [-0.05, 0) is 51.7 Å². The highest BCUT2D eigenvalue weighted by atomic mass is 19.3. The number of fused-ring (bicyclic) bond motifs is 1. The fourth-order valence-electron chi connectivity index (χ4n) is 3.25. The lowest BCUT2D eigenvalue weighted by Crippen LogP contribution is -2.19. The Morgan fingerprint density at radius 3 is 2.67 bits per heavy atom. The molecule has 0 aliphatic heterocycles. The molecule has 0 aliphatic rings. The Labute approximate surface area is 192 Å². The molecular weight excluding hydrogens is 426 g/mol. The number of hydrogen-bond acceptors (Lipinski definition) is 6. The van der Waals surface area contributed by atoms with Gasteiger partial charge in [0.1, 0.15) is 18.0 Å². The lowest BCUT2D eigenvalue weighted by Gasteiger charge is -2.16. The molecule has 3 aromatic rings. The number of carbonyl (C=O) groups excluding carboxylic acids is 1. The van der Waals surface area contributed by atoms with E-state index in [1.165, 1.54) is 12.5 Å². The second-order valence-corrected chi connectivity index (χ2v) is 8.08. The van der Waals surface area contributed by atoms with Crippen molar-refractivity contribution in [3.05, 3.63) is 66.6 Å². The lowest BCUT2D eigenvalue weighted by molar-refractivity contribution is -0.112. The van der Waals surface area contributed by atoms with Crippen LogP contribution in [-0.4, -0.2) is 52.3 Å². The monoisotopic (exact) mass is 454 g/mol. The SMILES string of the molecule is CC(Nc1ncnc2cnc(NC(=O)/C=C/C(F)(F)CCCN(C)C)cc12)c1ccccc1. The fraction of sp³-hybridized carbons (Fsp3) is 0.333. The Bertz CT molecular complexity index is 1100. The first kappa shape index (κ1) is 24.2. The predicted molar refractivity (Wildman–Crippen MR) is 126 cm³/mol. The quantitative estimate of drug-likeness (QED) is 0.433. The van der Waals surface area contributed by atoms with E-state index in [4.69, 9.17) is 0 Å². The molecule has 1 atom stereocenters. The van der Waals surface area contributed by atoms with Gasteiger partial charge in [-0.25, -0.2) is 23.7 Å². The summed E-state index contributed by atoms with van der Waals surface area (Å²) < 4.78 is 27.9. The van der Waals surface area contributed by atoms with Gasteiger partial charge in [0.2, 0.25) is 5.91 Å². The third-order valence-electron chi connectivity index (χ3n) is 5.02. The standard InChI is InChI=1S/C24H28F2N6O/c1-17(18-8-5-4-6-9-18)30-23-19-14-21(27-15-20(19)28-16-29-23)31-22(33)10-12-24(25,26)11-7-13-32(2)3/h4-6,8-10,12,14-17H,7,11,13H2,1-3H3,(H,27,31,33)(H,28,29,30)/b12-10+. The third kappa shape index (κ3) is 7.28. The van der Waals surface area contributed by atoms with Crippen molar-refractivity contribution in [2.24, 2.45) is 0 Å². The van der Waals surface area contributed by atoms with Gasteiger partial charge in [0.15, 0.2) is 0 Å². The Morgan fingerprint density at radius 1 is 1.18 bits per heavy atom. The van der Waals surface area contributed by atoms with Gasteiger partial charge < -0.3 is 15.5 Å². The fourth-order valence-corrected chi connectivity index (χ4v) is 3.25. The normalized spacial score (nSPS) is 12.9. The summed E-state index contributed by atoms with van der Waals surface area (Å²) in [6.45, 7) is 2.56. The van der Waals surface area contributed by atoms with Crippen molar-refractivity contribution in [1.82, 2.24) is 19.9 Å². The van der Waals surface area contributed by atoms with E-state index in [-0.39, 0.29) is 18.3 Å². The number of pyridine rings is 1. The van der Waals surface area contributed by atoms with Crippen LogP contribution in [0.4, 0.5) is 20.4 Å². The summed E-state index contributed by atoms with van der Waals surface area (Å²) in [6.07, 6.45) is 4.43. The molecule has 0 bridgehead atoms. The molecule has 0 radical (unpaired) electrons. The Kier molecular flexibility index (Phi) is 8.00. The first-order valence-corrected chi connectivity index (χ1v) is 10.7. The average Bonchev–Trinajstić information content (AvgIpc) is 2.78. The molecule has 0 aliphatic carbocycles. The number of nitrogens with zero attached hydrogens (tertiary/aromatic N) is 4. The van der Waals surface area contributed by atoms with Gasteiger partial charge in [-0.15, -0.1) is 0 Å². The van der Waals surface area contributed by atoms with Crippen molar-refractivity contribution >= 4 is 28.4 Å². The van der Waals surface area contributed by atoms with E-state index in [1.54, 1.807) is 6.07 Å². The third-order valence-corrected chi connectivity index (χ3v) is 5.02. The Hall–Kier alpha value is -3.46. The second kappa shape index (κ2) is 10.9. The molecule has 1 aromatic carbocycles. The van der Waals surface area contributed by atoms with Crippen molar-refractivity contribution in [1.29, 1.82) is 0 Å². The van der Waals surface area contributed by atoms with Gasteiger partial charge in [-0.2, -0.15) is 0 Å². The van der Waals surface area contributed by atoms with Crippen LogP contribution in [0.3, 0.4) is 0 Å². The molecule has 9 heteroatoms. The highest BCUT2D eigenvalue weighted by Crippen LogP contribution is 2.26. The van der Waals surface area contributed by atoms with Crippen molar-refractivity contribution < 1.29 is 13.6 Å². The molecule has 0 spiro atoms. The first-order chi connectivity index (χ1) is 15.7. The molecule has 7 nitrogen and oxygen atoms in total. The van der Waals surface area contributed by atoms with Crippen LogP contribution in [0.15, 0.2) is 61.1 Å². The number of benzene rings is 1. The summed E-state index contributed by atoms with van der Waals surface area (Å²) in [5.41, 5.74) is 1.68. The van der Waals surface area contributed by atoms with Crippen LogP contribution in [0.25, 0.3) is 10.9 Å². The van der Waals surface area contributed by atoms with E-state index in [0.29, 0.717) is 35.8 Å². The van der Waals surface area contributed by atoms with Gasteiger partial charge >= 0.3 is 0 Å². The van der Waals surface area contributed by atoms with E-state index in [9.17, 15) is 13.6 Å². The van der Waals surface area contributed by atoms with Crippen LogP contribution < -0.4 is 10.6 Å². The average molecular weight is 455 g/mol. The Morgan fingerprint density at radius 2 is 1.94 bits per heavy atom. The minimum absolute atomic E-state index is 0.0202. The van der Waals surface area contributed by atoms with Crippen LogP contribution in [-0.2, 0) is 4.79 Å². The minimum atomic E-state index is -3.05. The van der Waals surface area contributed by atoms with E-state index in [2.05, 4.69) is 25.6 Å². The number of anilines is 2. The molecule has 3 rings (SSSR count). The predicted octanol–water partition coefficient (Wildman–Crippen LogP) is 4.67. The topological polar surface area (TPSA) is 83.0 Å². The van der Waals surface area contributed by atoms with E-state index in [0.717, 1.165) is 11.6 Å². The first-order valence-electron chi connectivity index (χ1n) is 10.7. The van der Waals surface area contributed by atoms with Crippen molar-refractivity contribution in [3.63, 3.8) is 0 Å². The molecule has 0 saturated carbocycles. The van der Waals surface area contributed by atoms with Crippen LogP contribution in [0.2, 0.25) is 0 Å². The summed E-state index contributed by atoms with van der Waals surface area (Å²) in [4.78, 5) is 26.7. The maximum atomic E-state index is 14.0. The van der Waals surface area contributed by atoms with Crippen LogP contribution in [0.1, 0.15) is 31.4 Å². The number of halogens is 2. The second-order valence-electron chi connectivity index (χ2n) is 8.08. The van der Waals surface area contributed by atoms with Gasteiger partial charge in [0, 0.05) is 23.9 Å². The molecule has 0 fully saturated rings. The molecule has 1 amide bonds. The number of hydrogen-bond donors (Lipinski definition) is 2. The summed E-state index contributed by atoms with van der Waals surface area (Å²) in [7, 11) is 3.65. The van der Waals surface area contributed by atoms with E-state index in [1.807, 2.05) is 56.3 Å². The van der Waals surface area contributed by atoms with Crippen molar-refractivity contribution in [3.8, 4) is 0 Å². The van der Waals surface area contributed by atoms with Crippen molar-refractivity contribution in [2.45, 2.75) is 31.7 Å². The van der Waals surface area contributed by atoms with Gasteiger partial charge in [-0.1, -0.05) is 30.3 Å². The number of rotatable bonds is 10. The van der Waals surface area contributed by atoms with E-state index < -0.39 is 11.8 Å². The highest BCUT2D eigenvalue weighted by molar-refractivity contribution is 6.00. The molecule has 174 valence electrons. The number of alkyl halides is 2. The number of carbonyl (C=O) groups is 1. The minimum Gasteiger partial charge on any atom is -0.363 e. The Balaban J connectivity index is 1.70. The van der Waals surface area contributed by atoms with Crippen LogP contribution >= 0.6 is 0 Å². The summed E-state index contributed by atoms with van der Waals surface area (Å²) in [6, 6.07) is 11.5. The van der Waals surface area contributed by atoms with E-state index >= 15 is 0 Å². The van der Waals surface area contributed by atoms with Crippen molar-refractivity contribution in [2.75, 3.05) is 31.3 Å². The molecular formula is C24H28F2N6O. The number of nitrogens with one attached hydrogen (secondary N) is 2. The highest BCUT2D eigenvalue weighted by Gasteiger charge is 2.24.